The van der Waals surface area contributed by atoms with Gasteiger partial charge in [0.25, 0.3) is 0 Å². The third kappa shape index (κ3) is 3.18. The lowest BCUT2D eigenvalue weighted by atomic mass is 10.1. The Balaban J connectivity index is 0.00000225. The zero-order chi connectivity index (χ0) is 11.6. The molecule has 0 aliphatic rings. The number of aromatic hydroxyl groups is 1. The normalized spacial score (nSPS) is 12.8. The molecule has 1 atom stereocenters. The summed E-state index contributed by atoms with van der Waals surface area (Å²) >= 11 is 0. The molecule has 16 heavy (non-hydrogen) atoms. The van der Waals surface area contributed by atoms with E-state index in [2.05, 4.69) is 0 Å². The maximum absolute atomic E-state index is 12.2. The number of alkyl halides is 3. The number of methoxy groups -OCH3 is 1. The highest BCUT2D eigenvalue weighted by Gasteiger charge is 2.39. The van der Waals surface area contributed by atoms with E-state index in [4.69, 9.17) is 10.5 Å². The van der Waals surface area contributed by atoms with Crippen LogP contribution in [0.15, 0.2) is 18.2 Å². The predicted octanol–water partition coefficient (Wildman–Crippen LogP) is 2.38. The molecule has 0 radical (unpaired) electrons. The van der Waals surface area contributed by atoms with Crippen LogP contribution in [0.1, 0.15) is 11.6 Å². The molecule has 1 aromatic rings. The number of ether oxygens (including phenoxy) is 1. The largest absolute Gasteiger partial charge is 0.507 e. The average molecular weight is 258 g/mol. The highest BCUT2D eigenvalue weighted by Crippen LogP contribution is 2.36. The Morgan fingerprint density at radius 3 is 2.31 bits per heavy atom. The van der Waals surface area contributed by atoms with Crippen LogP contribution in [0.5, 0.6) is 11.5 Å². The molecule has 1 aromatic carbocycles. The Morgan fingerprint density at radius 1 is 1.38 bits per heavy atom. The number of halogens is 4. The number of phenols is 1. The topological polar surface area (TPSA) is 55.5 Å². The summed E-state index contributed by atoms with van der Waals surface area (Å²) in [6.07, 6.45) is -4.58. The highest BCUT2D eigenvalue weighted by molar-refractivity contribution is 5.85. The minimum absolute atomic E-state index is 0. The van der Waals surface area contributed by atoms with Crippen LogP contribution >= 0.6 is 12.4 Å². The first-order chi connectivity index (χ1) is 6.86. The summed E-state index contributed by atoms with van der Waals surface area (Å²) < 4.78 is 41.4. The summed E-state index contributed by atoms with van der Waals surface area (Å²) in [5.74, 6) is -0.259. The van der Waals surface area contributed by atoms with Crippen LogP contribution in [-0.2, 0) is 0 Å². The van der Waals surface area contributed by atoms with Gasteiger partial charge in [-0.2, -0.15) is 13.2 Å². The lowest BCUT2D eigenvalue weighted by Crippen LogP contribution is -2.28. The van der Waals surface area contributed by atoms with E-state index < -0.39 is 18.0 Å². The Morgan fingerprint density at radius 2 is 1.94 bits per heavy atom. The standard InChI is InChI=1S/C9H10F3NO2.ClH/c1-15-5-2-3-6(7(14)4-5)8(13)9(10,11)12;/h2-4,8,14H,13H2,1H3;1H/t8-;/m0./s1. The Labute approximate surface area is 96.4 Å². The molecular weight excluding hydrogens is 247 g/mol. The van der Waals surface area contributed by atoms with E-state index in [1.165, 1.54) is 13.2 Å². The Kier molecular flexibility index (Phi) is 4.89. The first-order valence-electron chi connectivity index (χ1n) is 4.05. The van der Waals surface area contributed by atoms with Crippen molar-refractivity contribution in [3.63, 3.8) is 0 Å². The predicted molar refractivity (Wildman–Crippen MR) is 54.9 cm³/mol. The molecule has 0 aromatic heterocycles. The van der Waals surface area contributed by atoms with E-state index in [1.54, 1.807) is 0 Å². The summed E-state index contributed by atoms with van der Waals surface area (Å²) in [7, 11) is 1.35. The molecule has 0 saturated carbocycles. The van der Waals surface area contributed by atoms with Gasteiger partial charge in [-0.1, -0.05) is 0 Å². The molecule has 0 fully saturated rings. The second-order valence-corrected chi connectivity index (χ2v) is 2.94. The number of hydrogen-bond acceptors (Lipinski definition) is 3. The number of phenolic OH excluding ortho intramolecular Hbond substituents is 1. The SMILES string of the molecule is COc1ccc([C@H](N)C(F)(F)F)c(O)c1.Cl. The molecule has 7 heteroatoms. The van der Waals surface area contributed by atoms with E-state index in [0.29, 0.717) is 0 Å². The van der Waals surface area contributed by atoms with Gasteiger partial charge in [0.15, 0.2) is 0 Å². The molecule has 0 spiro atoms. The molecular formula is C9H11ClF3NO2. The molecule has 0 saturated heterocycles. The van der Waals surface area contributed by atoms with Gasteiger partial charge in [0.1, 0.15) is 17.5 Å². The van der Waals surface area contributed by atoms with E-state index in [1.807, 2.05) is 0 Å². The fraction of sp³-hybridized carbons (Fsp3) is 0.333. The number of benzene rings is 1. The van der Waals surface area contributed by atoms with Gasteiger partial charge < -0.3 is 15.6 Å². The van der Waals surface area contributed by atoms with Crippen LogP contribution in [0, 0.1) is 0 Å². The molecule has 0 aliphatic carbocycles. The van der Waals surface area contributed by atoms with Crippen molar-refractivity contribution in [3.8, 4) is 11.5 Å². The van der Waals surface area contributed by atoms with Crippen molar-refractivity contribution < 1.29 is 23.0 Å². The van der Waals surface area contributed by atoms with E-state index in [-0.39, 0.29) is 23.7 Å². The van der Waals surface area contributed by atoms with Crippen molar-refractivity contribution in [2.24, 2.45) is 5.73 Å². The van der Waals surface area contributed by atoms with Crippen molar-refractivity contribution in [2.75, 3.05) is 7.11 Å². The summed E-state index contributed by atoms with van der Waals surface area (Å²) in [5.41, 5.74) is 4.57. The maximum Gasteiger partial charge on any atom is 0.407 e. The fourth-order valence-electron chi connectivity index (χ4n) is 1.09. The van der Waals surface area contributed by atoms with Crippen molar-refractivity contribution in [1.29, 1.82) is 0 Å². The molecule has 0 unspecified atom stereocenters. The number of hydrogen-bond donors (Lipinski definition) is 2. The first kappa shape index (κ1) is 14.9. The summed E-state index contributed by atoms with van der Waals surface area (Å²) in [5, 5.41) is 9.30. The average Bonchev–Trinajstić information content (AvgIpc) is 2.15. The second-order valence-electron chi connectivity index (χ2n) is 2.94. The highest BCUT2D eigenvalue weighted by atomic mass is 35.5. The minimum Gasteiger partial charge on any atom is -0.507 e. The van der Waals surface area contributed by atoms with Gasteiger partial charge in [0.2, 0.25) is 0 Å². The molecule has 92 valence electrons. The Hall–Kier alpha value is -1.14. The van der Waals surface area contributed by atoms with Crippen LogP contribution in [0.3, 0.4) is 0 Å². The third-order valence-corrected chi connectivity index (χ3v) is 1.93. The first-order valence-corrected chi connectivity index (χ1v) is 4.05. The van der Waals surface area contributed by atoms with Gasteiger partial charge in [-0.05, 0) is 12.1 Å². The molecule has 0 heterocycles. The number of rotatable bonds is 2. The van der Waals surface area contributed by atoms with Gasteiger partial charge in [0.05, 0.1) is 7.11 Å². The van der Waals surface area contributed by atoms with E-state index in [0.717, 1.165) is 12.1 Å². The van der Waals surface area contributed by atoms with E-state index in [9.17, 15) is 18.3 Å². The Bertz CT molecular complexity index is 357. The lowest BCUT2D eigenvalue weighted by Gasteiger charge is -2.17. The molecule has 1 rings (SSSR count). The van der Waals surface area contributed by atoms with Crippen LogP contribution in [-0.4, -0.2) is 18.4 Å². The van der Waals surface area contributed by atoms with Crippen LogP contribution in [0.2, 0.25) is 0 Å². The third-order valence-electron chi connectivity index (χ3n) is 1.93. The lowest BCUT2D eigenvalue weighted by molar-refractivity contribution is -0.149. The van der Waals surface area contributed by atoms with Gasteiger partial charge in [0, 0.05) is 11.6 Å². The molecule has 3 nitrogen and oxygen atoms in total. The van der Waals surface area contributed by atoms with E-state index >= 15 is 0 Å². The molecule has 0 bridgehead atoms. The van der Waals surface area contributed by atoms with Crippen molar-refractivity contribution in [1.82, 2.24) is 0 Å². The maximum atomic E-state index is 12.2. The molecule has 3 N–H and O–H groups in total. The fourth-order valence-corrected chi connectivity index (χ4v) is 1.09. The van der Waals surface area contributed by atoms with Gasteiger partial charge in [-0.15, -0.1) is 12.4 Å². The summed E-state index contributed by atoms with van der Waals surface area (Å²) in [6.45, 7) is 0. The zero-order valence-electron chi connectivity index (χ0n) is 8.28. The molecule has 0 amide bonds. The van der Waals surface area contributed by atoms with Gasteiger partial charge in [-0.3, -0.25) is 0 Å². The summed E-state index contributed by atoms with van der Waals surface area (Å²) in [6, 6.07) is 1.29. The van der Waals surface area contributed by atoms with Gasteiger partial charge in [-0.25, -0.2) is 0 Å². The second kappa shape index (κ2) is 5.27. The van der Waals surface area contributed by atoms with Crippen molar-refractivity contribution in [3.05, 3.63) is 23.8 Å². The van der Waals surface area contributed by atoms with Crippen molar-refractivity contribution in [2.45, 2.75) is 12.2 Å². The molecule has 0 aliphatic heterocycles. The van der Waals surface area contributed by atoms with Crippen LogP contribution < -0.4 is 10.5 Å². The van der Waals surface area contributed by atoms with Crippen LogP contribution in [0.4, 0.5) is 13.2 Å². The zero-order valence-corrected chi connectivity index (χ0v) is 9.10. The monoisotopic (exact) mass is 257 g/mol. The quantitative estimate of drug-likeness (QED) is 0.855. The van der Waals surface area contributed by atoms with Gasteiger partial charge >= 0.3 is 6.18 Å². The smallest absolute Gasteiger partial charge is 0.407 e. The van der Waals surface area contributed by atoms with Crippen LogP contribution in [0.25, 0.3) is 0 Å². The minimum atomic E-state index is -4.58. The van der Waals surface area contributed by atoms with Crippen molar-refractivity contribution >= 4 is 12.4 Å². The summed E-state index contributed by atoms with van der Waals surface area (Å²) in [4.78, 5) is 0. The number of nitrogens with two attached hydrogens (primary N) is 1.